The first-order chi connectivity index (χ1) is 8.76. The van der Waals surface area contributed by atoms with E-state index in [0.29, 0.717) is 0 Å². The summed E-state index contributed by atoms with van der Waals surface area (Å²) in [5.41, 5.74) is 6.78. The SMILES string of the molecule is Cc1ccc2c(c1NN=C(C#N)C#N)NCCC2. The molecule has 0 fully saturated rings. The van der Waals surface area contributed by atoms with Gasteiger partial charge in [-0.25, -0.2) is 0 Å². The molecular weight excluding hydrogens is 226 g/mol. The van der Waals surface area contributed by atoms with Gasteiger partial charge in [-0.2, -0.15) is 15.6 Å². The summed E-state index contributed by atoms with van der Waals surface area (Å²) in [6.07, 6.45) is 2.14. The minimum absolute atomic E-state index is 0.178. The van der Waals surface area contributed by atoms with Gasteiger partial charge in [0.05, 0.1) is 11.4 Å². The lowest BCUT2D eigenvalue weighted by Crippen LogP contribution is -2.14. The molecule has 0 unspecified atom stereocenters. The van der Waals surface area contributed by atoms with Crippen molar-refractivity contribution in [1.82, 2.24) is 0 Å². The summed E-state index contributed by atoms with van der Waals surface area (Å²) in [5, 5.41) is 24.4. The van der Waals surface area contributed by atoms with Crippen LogP contribution in [-0.2, 0) is 6.42 Å². The Labute approximate surface area is 106 Å². The van der Waals surface area contributed by atoms with Crippen molar-refractivity contribution >= 4 is 17.1 Å². The van der Waals surface area contributed by atoms with E-state index in [2.05, 4.69) is 21.9 Å². The van der Waals surface area contributed by atoms with Crippen LogP contribution in [0.15, 0.2) is 17.2 Å². The van der Waals surface area contributed by atoms with Crippen LogP contribution in [-0.4, -0.2) is 12.3 Å². The minimum atomic E-state index is -0.178. The van der Waals surface area contributed by atoms with Gasteiger partial charge < -0.3 is 5.32 Å². The maximum absolute atomic E-state index is 8.65. The molecule has 0 amide bonds. The third-order valence-corrected chi connectivity index (χ3v) is 2.92. The predicted molar refractivity (Wildman–Crippen MR) is 70.3 cm³/mol. The van der Waals surface area contributed by atoms with Crippen molar-refractivity contribution in [3.8, 4) is 12.1 Å². The van der Waals surface area contributed by atoms with Gasteiger partial charge in [-0.05, 0) is 30.9 Å². The summed E-state index contributed by atoms with van der Waals surface area (Å²) in [6.45, 7) is 2.89. The van der Waals surface area contributed by atoms with E-state index in [9.17, 15) is 0 Å². The van der Waals surface area contributed by atoms with Crippen LogP contribution in [0.5, 0.6) is 0 Å². The summed E-state index contributed by atoms with van der Waals surface area (Å²) in [7, 11) is 0. The first-order valence-corrected chi connectivity index (χ1v) is 5.76. The van der Waals surface area contributed by atoms with Crippen molar-refractivity contribution < 1.29 is 0 Å². The Kier molecular flexibility index (Phi) is 3.45. The second kappa shape index (κ2) is 5.20. The van der Waals surface area contributed by atoms with Gasteiger partial charge in [-0.15, -0.1) is 0 Å². The summed E-state index contributed by atoms with van der Waals surface area (Å²) < 4.78 is 0. The number of rotatable bonds is 2. The predicted octanol–water partition coefficient (Wildman–Crippen LogP) is 2.17. The topological polar surface area (TPSA) is 84.0 Å². The number of anilines is 2. The Hall–Kier alpha value is -2.53. The molecule has 0 spiro atoms. The molecule has 90 valence electrons. The minimum Gasteiger partial charge on any atom is -0.383 e. The third-order valence-electron chi connectivity index (χ3n) is 2.92. The Morgan fingerprint density at radius 3 is 2.89 bits per heavy atom. The summed E-state index contributed by atoms with van der Waals surface area (Å²) in [5.74, 6) is 0. The number of hydrogen-bond acceptors (Lipinski definition) is 5. The van der Waals surface area contributed by atoms with Crippen LogP contribution in [0.25, 0.3) is 0 Å². The number of nitrogens with zero attached hydrogens (tertiary/aromatic N) is 3. The zero-order valence-electron chi connectivity index (χ0n) is 10.1. The molecule has 0 saturated heterocycles. The first kappa shape index (κ1) is 11.9. The fourth-order valence-corrected chi connectivity index (χ4v) is 1.98. The molecule has 2 N–H and O–H groups in total. The normalized spacial score (nSPS) is 12.4. The van der Waals surface area contributed by atoms with Gasteiger partial charge in [-0.1, -0.05) is 12.1 Å². The second-order valence-electron chi connectivity index (χ2n) is 4.12. The molecule has 0 radical (unpaired) electrons. The van der Waals surface area contributed by atoms with Crippen LogP contribution in [0.4, 0.5) is 11.4 Å². The summed E-state index contributed by atoms with van der Waals surface area (Å²) in [4.78, 5) is 0. The lowest BCUT2D eigenvalue weighted by molar-refractivity contribution is 0.830. The van der Waals surface area contributed by atoms with Gasteiger partial charge in [0.15, 0.2) is 0 Å². The van der Waals surface area contributed by atoms with E-state index >= 15 is 0 Å². The smallest absolute Gasteiger partial charge is 0.237 e. The second-order valence-corrected chi connectivity index (χ2v) is 4.12. The molecule has 18 heavy (non-hydrogen) atoms. The summed E-state index contributed by atoms with van der Waals surface area (Å²) >= 11 is 0. The number of hydrazone groups is 1. The Balaban J connectivity index is 2.36. The van der Waals surface area contributed by atoms with Gasteiger partial charge in [0, 0.05) is 6.54 Å². The van der Waals surface area contributed by atoms with Crippen LogP contribution in [0.2, 0.25) is 0 Å². The van der Waals surface area contributed by atoms with Crippen molar-refractivity contribution in [3.05, 3.63) is 23.3 Å². The van der Waals surface area contributed by atoms with E-state index in [1.165, 1.54) is 5.56 Å². The number of fused-ring (bicyclic) bond motifs is 1. The molecular formula is C13H13N5. The maximum atomic E-state index is 8.65. The highest BCUT2D eigenvalue weighted by Crippen LogP contribution is 2.33. The molecule has 0 aliphatic carbocycles. The lowest BCUT2D eigenvalue weighted by Gasteiger charge is -2.22. The van der Waals surface area contributed by atoms with Crippen LogP contribution in [0.1, 0.15) is 17.5 Å². The zero-order chi connectivity index (χ0) is 13.0. The van der Waals surface area contributed by atoms with Crippen LogP contribution in [0, 0.1) is 29.6 Å². The van der Waals surface area contributed by atoms with Crippen LogP contribution >= 0.6 is 0 Å². The van der Waals surface area contributed by atoms with Gasteiger partial charge >= 0.3 is 0 Å². The van der Waals surface area contributed by atoms with Crippen LogP contribution < -0.4 is 10.7 Å². The molecule has 1 aliphatic heterocycles. The van der Waals surface area contributed by atoms with E-state index < -0.39 is 0 Å². The third kappa shape index (κ3) is 2.26. The molecule has 5 heteroatoms. The zero-order valence-corrected chi connectivity index (χ0v) is 10.1. The van der Waals surface area contributed by atoms with Crippen molar-refractivity contribution in [2.45, 2.75) is 19.8 Å². The van der Waals surface area contributed by atoms with Gasteiger partial charge in [0.1, 0.15) is 12.1 Å². The molecule has 1 heterocycles. The lowest BCUT2D eigenvalue weighted by atomic mass is 10.00. The summed E-state index contributed by atoms with van der Waals surface area (Å²) in [6, 6.07) is 7.57. The van der Waals surface area contributed by atoms with Gasteiger partial charge in [0.2, 0.25) is 5.71 Å². The average Bonchev–Trinajstić information content (AvgIpc) is 2.42. The Bertz CT molecular complexity index is 558. The van der Waals surface area contributed by atoms with E-state index in [1.54, 1.807) is 12.1 Å². The number of nitrogens with one attached hydrogen (secondary N) is 2. The molecule has 0 aromatic heterocycles. The molecule has 0 atom stereocenters. The highest BCUT2D eigenvalue weighted by Gasteiger charge is 2.14. The quantitative estimate of drug-likeness (QED) is 0.612. The van der Waals surface area contributed by atoms with Crippen molar-refractivity contribution in [1.29, 1.82) is 10.5 Å². The van der Waals surface area contributed by atoms with E-state index in [1.807, 2.05) is 13.0 Å². The van der Waals surface area contributed by atoms with Crippen LogP contribution in [0.3, 0.4) is 0 Å². The standard InChI is InChI=1S/C13H13N5/c1-9-4-5-10-3-2-6-16-13(10)12(9)18-17-11(7-14)8-15/h4-5,16,18H,2-3,6H2,1H3. The van der Waals surface area contributed by atoms with E-state index in [-0.39, 0.29) is 5.71 Å². The van der Waals surface area contributed by atoms with Crippen molar-refractivity contribution in [2.24, 2.45) is 5.10 Å². The first-order valence-electron chi connectivity index (χ1n) is 5.76. The average molecular weight is 239 g/mol. The van der Waals surface area contributed by atoms with E-state index in [0.717, 1.165) is 36.3 Å². The molecule has 1 aromatic carbocycles. The van der Waals surface area contributed by atoms with Gasteiger partial charge in [0.25, 0.3) is 0 Å². The molecule has 1 aliphatic rings. The Morgan fingerprint density at radius 2 is 2.17 bits per heavy atom. The largest absolute Gasteiger partial charge is 0.383 e. The highest BCUT2D eigenvalue weighted by molar-refractivity contribution is 6.10. The fraction of sp³-hybridized carbons (Fsp3) is 0.308. The maximum Gasteiger partial charge on any atom is 0.237 e. The molecule has 1 aromatic rings. The molecule has 0 saturated carbocycles. The fourth-order valence-electron chi connectivity index (χ4n) is 1.98. The molecule has 5 nitrogen and oxygen atoms in total. The molecule has 0 bridgehead atoms. The van der Waals surface area contributed by atoms with Gasteiger partial charge in [-0.3, -0.25) is 5.43 Å². The number of hydrogen-bond donors (Lipinski definition) is 2. The Morgan fingerprint density at radius 1 is 1.39 bits per heavy atom. The van der Waals surface area contributed by atoms with E-state index in [4.69, 9.17) is 10.5 Å². The monoisotopic (exact) mass is 239 g/mol. The highest BCUT2D eigenvalue weighted by atomic mass is 15.3. The molecule has 2 rings (SSSR count). The number of aryl methyl sites for hydroxylation is 2. The van der Waals surface area contributed by atoms with Crippen molar-refractivity contribution in [2.75, 3.05) is 17.3 Å². The number of benzene rings is 1. The number of nitriles is 2. The van der Waals surface area contributed by atoms with Crippen molar-refractivity contribution in [3.63, 3.8) is 0 Å².